The van der Waals surface area contributed by atoms with Crippen molar-refractivity contribution >= 4 is 34.8 Å². The van der Waals surface area contributed by atoms with Crippen molar-refractivity contribution < 1.29 is 4.79 Å². The van der Waals surface area contributed by atoms with Crippen LogP contribution in [0.4, 0.5) is 5.69 Å². The molecule has 1 fully saturated rings. The van der Waals surface area contributed by atoms with Crippen molar-refractivity contribution in [1.82, 2.24) is 5.32 Å². The number of nitrogens with one attached hydrogen (secondary N) is 1. The van der Waals surface area contributed by atoms with Gasteiger partial charge in [0.1, 0.15) is 0 Å². The Hall–Kier alpha value is -0.770. The maximum absolute atomic E-state index is 12.2. The van der Waals surface area contributed by atoms with Gasteiger partial charge in [-0.15, -0.1) is 0 Å². The molecule has 0 bridgehead atoms. The van der Waals surface area contributed by atoms with Gasteiger partial charge in [0.2, 0.25) is 5.91 Å². The molecule has 1 N–H and O–H groups in total. The fraction of sp³-hybridized carbons (Fsp3) is 0.462. The number of nitrogens with zero attached hydrogens (tertiary/aromatic N) is 1. The molecule has 18 heavy (non-hydrogen) atoms. The predicted molar refractivity (Wildman–Crippen MR) is 75.5 cm³/mol. The van der Waals surface area contributed by atoms with Crippen LogP contribution in [0.3, 0.4) is 0 Å². The summed E-state index contributed by atoms with van der Waals surface area (Å²) >= 11 is 12.1. The second-order valence-electron chi connectivity index (χ2n) is 4.36. The Labute approximate surface area is 117 Å². The normalized spacial score (nSPS) is 19.6. The molecule has 1 atom stereocenters. The minimum atomic E-state index is -0.0972. The molecule has 1 aliphatic heterocycles. The van der Waals surface area contributed by atoms with Crippen LogP contribution >= 0.6 is 23.2 Å². The van der Waals surface area contributed by atoms with Crippen LogP contribution in [0, 0.1) is 0 Å². The molecule has 1 unspecified atom stereocenters. The molecule has 1 aromatic rings. The topological polar surface area (TPSA) is 32.3 Å². The van der Waals surface area contributed by atoms with Gasteiger partial charge in [0, 0.05) is 6.54 Å². The molecule has 1 amide bonds. The molecule has 1 heterocycles. The van der Waals surface area contributed by atoms with E-state index in [1.807, 2.05) is 12.1 Å². The van der Waals surface area contributed by atoms with Crippen LogP contribution in [-0.2, 0) is 4.79 Å². The van der Waals surface area contributed by atoms with E-state index in [1.165, 1.54) is 0 Å². The summed E-state index contributed by atoms with van der Waals surface area (Å²) in [6.45, 7) is 3.62. The van der Waals surface area contributed by atoms with Crippen molar-refractivity contribution in [1.29, 1.82) is 0 Å². The third-order valence-corrected chi connectivity index (χ3v) is 3.88. The highest BCUT2D eigenvalue weighted by molar-refractivity contribution is 6.44. The van der Waals surface area contributed by atoms with E-state index in [0.29, 0.717) is 22.3 Å². The van der Waals surface area contributed by atoms with Crippen LogP contribution in [0.5, 0.6) is 0 Å². The summed E-state index contributed by atoms with van der Waals surface area (Å²) in [7, 11) is 0. The summed E-state index contributed by atoms with van der Waals surface area (Å²) in [6.07, 6.45) is 1.82. The summed E-state index contributed by atoms with van der Waals surface area (Å²) in [5.74, 6) is 0.0765. The standard InChI is InChI=1S/C13H16Cl2N2O/c1-2-7-16-10-6-8-17(13(10)18)11-5-3-4-9(14)12(11)15/h3-5,10,16H,2,6-8H2,1H3. The summed E-state index contributed by atoms with van der Waals surface area (Å²) in [6, 6.07) is 5.26. The average Bonchev–Trinajstić information content (AvgIpc) is 2.72. The maximum atomic E-state index is 12.2. The third kappa shape index (κ3) is 2.63. The highest BCUT2D eigenvalue weighted by atomic mass is 35.5. The van der Waals surface area contributed by atoms with E-state index in [0.717, 1.165) is 19.4 Å². The molecule has 0 aliphatic carbocycles. The lowest BCUT2D eigenvalue weighted by Gasteiger charge is -2.19. The zero-order chi connectivity index (χ0) is 13.1. The molecule has 0 radical (unpaired) electrons. The van der Waals surface area contributed by atoms with Crippen LogP contribution < -0.4 is 10.2 Å². The summed E-state index contributed by atoms with van der Waals surface area (Å²) in [5, 5.41) is 4.17. The van der Waals surface area contributed by atoms with Crippen LogP contribution in [0.15, 0.2) is 18.2 Å². The van der Waals surface area contributed by atoms with E-state index >= 15 is 0 Å². The molecule has 1 aliphatic rings. The first kappa shape index (κ1) is 13.7. The van der Waals surface area contributed by atoms with Crippen molar-refractivity contribution in [2.24, 2.45) is 0 Å². The number of anilines is 1. The molecule has 0 spiro atoms. The van der Waals surface area contributed by atoms with Gasteiger partial charge in [0.15, 0.2) is 0 Å². The summed E-state index contributed by atoms with van der Waals surface area (Å²) in [4.78, 5) is 13.9. The minimum Gasteiger partial charge on any atom is -0.309 e. The highest BCUT2D eigenvalue weighted by Crippen LogP contribution is 2.34. The quantitative estimate of drug-likeness (QED) is 0.923. The molecule has 3 nitrogen and oxygen atoms in total. The first-order valence-electron chi connectivity index (χ1n) is 6.14. The number of rotatable bonds is 4. The fourth-order valence-corrected chi connectivity index (χ4v) is 2.53. The van der Waals surface area contributed by atoms with Crippen molar-refractivity contribution in [2.45, 2.75) is 25.8 Å². The highest BCUT2D eigenvalue weighted by Gasteiger charge is 2.33. The van der Waals surface area contributed by atoms with Crippen LogP contribution in [0.25, 0.3) is 0 Å². The van der Waals surface area contributed by atoms with E-state index < -0.39 is 0 Å². The van der Waals surface area contributed by atoms with Crippen molar-refractivity contribution in [3.63, 3.8) is 0 Å². The van der Waals surface area contributed by atoms with Gasteiger partial charge < -0.3 is 10.2 Å². The molecule has 2 rings (SSSR count). The van der Waals surface area contributed by atoms with Crippen LogP contribution in [0.2, 0.25) is 10.0 Å². The van der Waals surface area contributed by atoms with Gasteiger partial charge in [-0.05, 0) is 31.5 Å². The lowest BCUT2D eigenvalue weighted by molar-refractivity contribution is -0.118. The number of hydrogen-bond donors (Lipinski definition) is 1. The SMILES string of the molecule is CCCNC1CCN(c2cccc(Cl)c2Cl)C1=O. The largest absolute Gasteiger partial charge is 0.309 e. The third-order valence-electron chi connectivity index (χ3n) is 3.07. The number of carbonyl (C=O) groups is 1. The lowest BCUT2D eigenvalue weighted by Crippen LogP contribution is -2.38. The van der Waals surface area contributed by atoms with E-state index in [2.05, 4.69) is 12.2 Å². The zero-order valence-corrected chi connectivity index (χ0v) is 11.8. The molecule has 0 saturated carbocycles. The van der Waals surface area contributed by atoms with Gasteiger partial charge in [0.05, 0.1) is 21.8 Å². The average molecular weight is 287 g/mol. The number of halogens is 2. The number of carbonyl (C=O) groups excluding carboxylic acids is 1. The molecule has 5 heteroatoms. The Morgan fingerprint density at radius 3 is 2.94 bits per heavy atom. The smallest absolute Gasteiger partial charge is 0.244 e. The minimum absolute atomic E-state index is 0.0765. The van der Waals surface area contributed by atoms with Crippen molar-refractivity contribution in [3.8, 4) is 0 Å². The van der Waals surface area contributed by atoms with E-state index in [-0.39, 0.29) is 11.9 Å². The first-order chi connectivity index (χ1) is 8.65. The molecular weight excluding hydrogens is 271 g/mol. The monoisotopic (exact) mass is 286 g/mol. The molecule has 0 aromatic heterocycles. The van der Waals surface area contributed by atoms with Gasteiger partial charge in [-0.2, -0.15) is 0 Å². The summed E-state index contributed by atoms with van der Waals surface area (Å²) < 4.78 is 0. The van der Waals surface area contributed by atoms with E-state index in [4.69, 9.17) is 23.2 Å². The van der Waals surface area contributed by atoms with Crippen LogP contribution in [0.1, 0.15) is 19.8 Å². The first-order valence-corrected chi connectivity index (χ1v) is 6.89. The van der Waals surface area contributed by atoms with E-state index in [1.54, 1.807) is 11.0 Å². The number of amides is 1. The Kier molecular flexibility index (Phi) is 4.49. The maximum Gasteiger partial charge on any atom is 0.244 e. The van der Waals surface area contributed by atoms with Crippen molar-refractivity contribution in [2.75, 3.05) is 18.0 Å². The molecule has 1 aromatic carbocycles. The van der Waals surface area contributed by atoms with Crippen LogP contribution in [-0.4, -0.2) is 25.0 Å². The van der Waals surface area contributed by atoms with Gasteiger partial charge in [0.25, 0.3) is 0 Å². The fourth-order valence-electron chi connectivity index (χ4n) is 2.13. The zero-order valence-electron chi connectivity index (χ0n) is 10.2. The van der Waals surface area contributed by atoms with Crippen molar-refractivity contribution in [3.05, 3.63) is 28.2 Å². The molecular formula is C13H16Cl2N2O. The summed E-state index contributed by atoms with van der Waals surface area (Å²) in [5.41, 5.74) is 0.704. The Balaban J connectivity index is 2.16. The molecule has 98 valence electrons. The Bertz CT molecular complexity index is 451. The number of benzene rings is 1. The van der Waals surface area contributed by atoms with Gasteiger partial charge in [-0.1, -0.05) is 36.2 Å². The Morgan fingerprint density at radius 1 is 1.44 bits per heavy atom. The van der Waals surface area contributed by atoms with Gasteiger partial charge in [-0.25, -0.2) is 0 Å². The van der Waals surface area contributed by atoms with Gasteiger partial charge in [-0.3, -0.25) is 4.79 Å². The predicted octanol–water partition coefficient (Wildman–Crippen LogP) is 3.10. The number of hydrogen-bond acceptors (Lipinski definition) is 2. The lowest BCUT2D eigenvalue weighted by atomic mass is 10.2. The second-order valence-corrected chi connectivity index (χ2v) is 5.14. The Morgan fingerprint density at radius 2 is 2.22 bits per heavy atom. The van der Waals surface area contributed by atoms with Gasteiger partial charge >= 0.3 is 0 Å². The second kappa shape index (κ2) is 5.91. The van der Waals surface area contributed by atoms with E-state index in [9.17, 15) is 4.79 Å². The molecule has 1 saturated heterocycles.